The average Bonchev–Trinajstić information content (AvgIpc) is 2.39. The number of pyridine rings is 1. The molecule has 2 atom stereocenters. The predicted octanol–water partition coefficient (Wildman–Crippen LogP) is 2.55. The first-order valence-corrected chi connectivity index (χ1v) is 7.05. The van der Waals surface area contributed by atoms with Crippen molar-refractivity contribution in [2.24, 2.45) is 11.7 Å². The Morgan fingerprint density at radius 3 is 2.89 bits per heavy atom. The molecule has 0 spiro atoms. The molecule has 1 aromatic heterocycles. The number of hydrogen-bond donors (Lipinski definition) is 1. The maximum absolute atomic E-state index is 5.75. The highest BCUT2D eigenvalue weighted by Gasteiger charge is 2.25. The second kappa shape index (κ2) is 6.30. The topological polar surface area (TPSA) is 42.2 Å². The highest BCUT2D eigenvalue weighted by Crippen LogP contribution is 2.28. The molecule has 2 unspecified atom stereocenters. The zero-order valence-corrected chi connectivity index (χ0v) is 11.6. The van der Waals surface area contributed by atoms with Crippen molar-refractivity contribution in [2.75, 3.05) is 7.05 Å². The summed E-state index contributed by atoms with van der Waals surface area (Å²) in [4.78, 5) is 6.85. The van der Waals surface area contributed by atoms with Crippen LogP contribution in [0.25, 0.3) is 0 Å². The van der Waals surface area contributed by atoms with Crippen molar-refractivity contribution in [1.29, 1.82) is 0 Å². The number of nitrogens with zero attached hydrogens (tertiary/aromatic N) is 2. The van der Waals surface area contributed by atoms with E-state index in [1.54, 1.807) is 0 Å². The zero-order chi connectivity index (χ0) is 13.0. The summed E-state index contributed by atoms with van der Waals surface area (Å²) in [5.41, 5.74) is 8.06. The maximum atomic E-state index is 5.75. The summed E-state index contributed by atoms with van der Waals surface area (Å²) in [6.07, 6.45) is 7.29. The molecule has 1 saturated carbocycles. The molecule has 1 fully saturated rings. The fourth-order valence-electron chi connectivity index (χ4n) is 3.14. The van der Waals surface area contributed by atoms with Gasteiger partial charge in [-0.2, -0.15) is 0 Å². The van der Waals surface area contributed by atoms with Gasteiger partial charge in [-0.15, -0.1) is 0 Å². The minimum Gasteiger partial charge on any atom is -0.325 e. The number of aromatic nitrogens is 1. The summed E-state index contributed by atoms with van der Waals surface area (Å²) in [5.74, 6) is 0.807. The van der Waals surface area contributed by atoms with E-state index in [-0.39, 0.29) is 0 Å². The molecule has 0 aromatic carbocycles. The van der Waals surface area contributed by atoms with E-state index in [1.165, 1.54) is 31.2 Å². The lowest BCUT2D eigenvalue weighted by Crippen LogP contribution is -2.38. The second-order valence-corrected chi connectivity index (χ2v) is 5.56. The minimum atomic E-state index is 0.532. The van der Waals surface area contributed by atoms with Crippen molar-refractivity contribution < 1.29 is 0 Å². The maximum Gasteiger partial charge on any atom is 0.0584 e. The van der Waals surface area contributed by atoms with Crippen LogP contribution in [0.4, 0.5) is 0 Å². The monoisotopic (exact) mass is 247 g/mol. The van der Waals surface area contributed by atoms with E-state index >= 15 is 0 Å². The number of rotatable bonds is 4. The van der Waals surface area contributed by atoms with Gasteiger partial charge in [-0.3, -0.25) is 9.88 Å². The number of nitrogens with two attached hydrogens (primary N) is 1. The fourth-order valence-corrected chi connectivity index (χ4v) is 3.14. The molecule has 100 valence electrons. The van der Waals surface area contributed by atoms with Gasteiger partial charge in [0.15, 0.2) is 0 Å². The minimum absolute atomic E-state index is 0.532. The molecule has 2 N–H and O–H groups in total. The largest absolute Gasteiger partial charge is 0.325 e. The van der Waals surface area contributed by atoms with E-state index in [1.807, 2.05) is 12.3 Å². The van der Waals surface area contributed by atoms with Gasteiger partial charge in [-0.25, -0.2) is 0 Å². The van der Waals surface area contributed by atoms with Crippen molar-refractivity contribution in [3.05, 3.63) is 29.6 Å². The van der Waals surface area contributed by atoms with Crippen LogP contribution in [0.2, 0.25) is 0 Å². The van der Waals surface area contributed by atoms with Crippen molar-refractivity contribution in [2.45, 2.75) is 51.7 Å². The first-order chi connectivity index (χ1) is 8.72. The Labute approximate surface area is 110 Å². The quantitative estimate of drug-likeness (QED) is 0.889. The van der Waals surface area contributed by atoms with Gasteiger partial charge in [0.05, 0.1) is 5.69 Å². The summed E-state index contributed by atoms with van der Waals surface area (Å²) < 4.78 is 0. The molecule has 1 aliphatic carbocycles. The number of hydrogen-bond acceptors (Lipinski definition) is 3. The molecule has 3 nitrogen and oxygen atoms in total. The van der Waals surface area contributed by atoms with Crippen LogP contribution in [0.5, 0.6) is 0 Å². The summed E-state index contributed by atoms with van der Waals surface area (Å²) in [7, 11) is 2.24. The Morgan fingerprint density at radius 1 is 1.39 bits per heavy atom. The normalized spacial score (nSPS) is 24.4. The molecule has 1 aromatic rings. The van der Waals surface area contributed by atoms with Gasteiger partial charge in [-0.1, -0.05) is 25.8 Å². The molecular formula is C15H25N3. The smallest absolute Gasteiger partial charge is 0.0584 e. The van der Waals surface area contributed by atoms with E-state index in [0.717, 1.165) is 18.2 Å². The average molecular weight is 247 g/mol. The van der Waals surface area contributed by atoms with Gasteiger partial charge < -0.3 is 5.73 Å². The van der Waals surface area contributed by atoms with E-state index in [0.29, 0.717) is 12.6 Å². The van der Waals surface area contributed by atoms with Crippen molar-refractivity contribution in [1.82, 2.24) is 9.88 Å². The first kappa shape index (κ1) is 13.5. The molecule has 0 bridgehead atoms. The Kier molecular flexibility index (Phi) is 4.72. The third kappa shape index (κ3) is 3.09. The lowest BCUT2D eigenvalue weighted by atomic mass is 9.85. The summed E-state index contributed by atoms with van der Waals surface area (Å²) >= 11 is 0. The van der Waals surface area contributed by atoms with E-state index in [4.69, 9.17) is 5.73 Å². The zero-order valence-electron chi connectivity index (χ0n) is 11.6. The molecule has 1 aliphatic rings. The van der Waals surface area contributed by atoms with Crippen LogP contribution in [0.1, 0.15) is 43.9 Å². The van der Waals surface area contributed by atoms with E-state index in [9.17, 15) is 0 Å². The summed E-state index contributed by atoms with van der Waals surface area (Å²) in [6.45, 7) is 3.88. The van der Waals surface area contributed by atoms with Gasteiger partial charge in [0.25, 0.3) is 0 Å². The fraction of sp³-hybridized carbons (Fsp3) is 0.667. The van der Waals surface area contributed by atoms with Crippen LogP contribution in [0.15, 0.2) is 18.3 Å². The Balaban J connectivity index is 2.03. The van der Waals surface area contributed by atoms with Crippen molar-refractivity contribution in [3.8, 4) is 0 Å². The Bertz CT molecular complexity index is 378. The third-order valence-corrected chi connectivity index (χ3v) is 4.23. The standard InChI is InChI=1S/C15H25N3/c1-12-6-3-4-8-15(12)18(2)11-13-7-5-9-17-14(13)10-16/h5,7,9,12,15H,3-4,6,8,10-11,16H2,1-2H3. The van der Waals surface area contributed by atoms with Crippen molar-refractivity contribution in [3.63, 3.8) is 0 Å². The van der Waals surface area contributed by atoms with Crippen molar-refractivity contribution >= 4 is 0 Å². The van der Waals surface area contributed by atoms with E-state index < -0.39 is 0 Å². The van der Waals surface area contributed by atoms with Crippen LogP contribution >= 0.6 is 0 Å². The second-order valence-electron chi connectivity index (χ2n) is 5.56. The third-order valence-electron chi connectivity index (χ3n) is 4.23. The highest BCUT2D eigenvalue weighted by molar-refractivity contribution is 5.19. The Morgan fingerprint density at radius 2 is 2.17 bits per heavy atom. The van der Waals surface area contributed by atoms with Crippen LogP contribution in [0, 0.1) is 5.92 Å². The lowest BCUT2D eigenvalue weighted by molar-refractivity contribution is 0.133. The molecule has 0 amide bonds. The Hall–Kier alpha value is -0.930. The molecule has 3 heteroatoms. The summed E-state index contributed by atoms with van der Waals surface area (Å²) in [6, 6.07) is 4.87. The van der Waals surface area contributed by atoms with Gasteiger partial charge >= 0.3 is 0 Å². The molecule has 2 rings (SSSR count). The molecule has 18 heavy (non-hydrogen) atoms. The lowest BCUT2D eigenvalue weighted by Gasteiger charge is -2.36. The van der Waals surface area contributed by atoms with Crippen LogP contribution < -0.4 is 5.73 Å². The summed E-state index contributed by atoms with van der Waals surface area (Å²) in [5, 5.41) is 0. The highest BCUT2D eigenvalue weighted by atomic mass is 15.1. The van der Waals surface area contributed by atoms with Crippen LogP contribution in [-0.4, -0.2) is 23.0 Å². The van der Waals surface area contributed by atoms with Gasteiger partial charge in [0.2, 0.25) is 0 Å². The molecular weight excluding hydrogens is 222 g/mol. The molecule has 1 heterocycles. The van der Waals surface area contributed by atoms with Crippen LogP contribution in [0.3, 0.4) is 0 Å². The molecule has 0 radical (unpaired) electrons. The SMILES string of the molecule is CC1CCCCC1N(C)Cc1cccnc1CN. The van der Waals surface area contributed by atoms with E-state index in [2.05, 4.69) is 29.9 Å². The molecule has 0 aliphatic heterocycles. The van der Waals surface area contributed by atoms with Gasteiger partial charge in [0.1, 0.15) is 0 Å². The molecule has 0 saturated heterocycles. The van der Waals surface area contributed by atoms with Gasteiger partial charge in [-0.05, 0) is 37.4 Å². The van der Waals surface area contributed by atoms with Crippen LogP contribution in [-0.2, 0) is 13.1 Å². The predicted molar refractivity (Wildman–Crippen MR) is 75.0 cm³/mol. The first-order valence-electron chi connectivity index (χ1n) is 7.05. The van der Waals surface area contributed by atoms with Gasteiger partial charge in [0, 0.05) is 25.3 Å².